The summed E-state index contributed by atoms with van der Waals surface area (Å²) in [4.78, 5) is 13.8. The first kappa shape index (κ1) is 12.8. The Morgan fingerprint density at radius 2 is 2.18 bits per heavy atom. The maximum Gasteiger partial charge on any atom is 0.304 e. The number of hydrogen-bond acceptors (Lipinski definition) is 4. The summed E-state index contributed by atoms with van der Waals surface area (Å²) in [5, 5.41) is 5.32. The molecule has 0 spiro atoms. The van der Waals surface area contributed by atoms with E-state index in [0.717, 1.165) is 25.3 Å². The monoisotopic (exact) mass is 255 g/mol. The van der Waals surface area contributed by atoms with Crippen molar-refractivity contribution in [1.82, 2.24) is 10.3 Å². The van der Waals surface area contributed by atoms with Crippen molar-refractivity contribution in [3.05, 3.63) is 20.7 Å². The molecule has 2 rings (SSSR count). The predicted molar refractivity (Wildman–Crippen MR) is 71.1 cm³/mol. The summed E-state index contributed by atoms with van der Waals surface area (Å²) in [6.45, 7) is 2.58. The van der Waals surface area contributed by atoms with E-state index in [9.17, 15) is 4.79 Å². The standard InChI is InChI=1S/C12H21N3OS/c13-5-9-3-1-2-4-10(9)6-14-7-11-8-17-12(16)15-11/h8-10,14H,1-7,13H2,(H,15,16). The van der Waals surface area contributed by atoms with Crippen LogP contribution >= 0.6 is 11.3 Å². The van der Waals surface area contributed by atoms with Gasteiger partial charge in [0.15, 0.2) is 0 Å². The molecule has 4 nitrogen and oxygen atoms in total. The van der Waals surface area contributed by atoms with Gasteiger partial charge in [0.2, 0.25) is 0 Å². The molecule has 2 atom stereocenters. The van der Waals surface area contributed by atoms with Gasteiger partial charge in [-0.15, -0.1) is 0 Å². The number of H-pyrrole nitrogens is 1. The number of thiazole rings is 1. The van der Waals surface area contributed by atoms with E-state index in [1.807, 2.05) is 5.38 Å². The lowest BCUT2D eigenvalue weighted by Crippen LogP contribution is -2.34. The Kier molecular flexibility index (Phi) is 4.76. The van der Waals surface area contributed by atoms with Gasteiger partial charge in [0.1, 0.15) is 0 Å². The summed E-state index contributed by atoms with van der Waals surface area (Å²) in [5.41, 5.74) is 6.79. The quantitative estimate of drug-likeness (QED) is 0.742. The van der Waals surface area contributed by atoms with E-state index >= 15 is 0 Å². The molecule has 0 saturated heterocycles. The summed E-state index contributed by atoms with van der Waals surface area (Å²) < 4.78 is 0. The van der Waals surface area contributed by atoms with Crippen LogP contribution in [0.2, 0.25) is 0 Å². The maximum absolute atomic E-state index is 11.0. The minimum absolute atomic E-state index is 0.0271. The van der Waals surface area contributed by atoms with Crippen LogP contribution in [0.25, 0.3) is 0 Å². The summed E-state index contributed by atoms with van der Waals surface area (Å²) >= 11 is 1.22. The van der Waals surface area contributed by atoms with Crippen LogP contribution in [0.1, 0.15) is 31.4 Å². The van der Waals surface area contributed by atoms with Crippen LogP contribution in [-0.4, -0.2) is 18.1 Å². The number of aromatic amines is 1. The van der Waals surface area contributed by atoms with E-state index in [0.29, 0.717) is 11.8 Å². The van der Waals surface area contributed by atoms with Gasteiger partial charge in [-0.3, -0.25) is 4.79 Å². The van der Waals surface area contributed by atoms with Crippen LogP contribution in [0.3, 0.4) is 0 Å². The van der Waals surface area contributed by atoms with Gasteiger partial charge < -0.3 is 16.0 Å². The molecule has 0 aliphatic heterocycles. The number of rotatable bonds is 5. The highest BCUT2D eigenvalue weighted by Gasteiger charge is 2.23. The van der Waals surface area contributed by atoms with Gasteiger partial charge in [-0.05, 0) is 37.8 Å². The van der Waals surface area contributed by atoms with Crippen molar-refractivity contribution >= 4 is 11.3 Å². The molecule has 5 heteroatoms. The summed E-state index contributed by atoms with van der Waals surface area (Å²) in [6.07, 6.45) is 5.22. The van der Waals surface area contributed by atoms with Crippen LogP contribution < -0.4 is 15.9 Å². The highest BCUT2D eigenvalue weighted by atomic mass is 32.1. The van der Waals surface area contributed by atoms with Crippen molar-refractivity contribution in [2.45, 2.75) is 32.2 Å². The molecule has 0 amide bonds. The van der Waals surface area contributed by atoms with Gasteiger partial charge in [0.05, 0.1) is 0 Å². The Morgan fingerprint density at radius 3 is 2.82 bits per heavy atom. The van der Waals surface area contributed by atoms with E-state index in [4.69, 9.17) is 5.73 Å². The molecule has 1 aliphatic rings. The third kappa shape index (κ3) is 3.66. The van der Waals surface area contributed by atoms with E-state index in [1.165, 1.54) is 37.0 Å². The van der Waals surface area contributed by atoms with Crippen LogP contribution in [-0.2, 0) is 6.54 Å². The molecule has 1 heterocycles. The Bertz CT molecular complexity index is 387. The molecule has 0 radical (unpaired) electrons. The normalized spacial score (nSPS) is 25.0. The first-order chi connectivity index (χ1) is 8.29. The number of nitrogens with one attached hydrogen (secondary N) is 2. The topological polar surface area (TPSA) is 70.9 Å². The number of hydrogen-bond donors (Lipinski definition) is 3. The van der Waals surface area contributed by atoms with Crippen LogP contribution in [0.4, 0.5) is 0 Å². The van der Waals surface area contributed by atoms with Crippen molar-refractivity contribution in [2.75, 3.05) is 13.1 Å². The molecule has 17 heavy (non-hydrogen) atoms. The lowest BCUT2D eigenvalue weighted by Gasteiger charge is -2.30. The molecule has 2 unspecified atom stereocenters. The molecule has 1 aliphatic carbocycles. The van der Waals surface area contributed by atoms with Gasteiger partial charge >= 0.3 is 4.87 Å². The zero-order valence-corrected chi connectivity index (χ0v) is 10.9. The SMILES string of the molecule is NCC1CCCCC1CNCc1csc(=O)[nH]1. The first-order valence-corrected chi connectivity index (χ1v) is 7.25. The maximum atomic E-state index is 11.0. The Hall–Kier alpha value is -0.650. The third-order valence-electron chi connectivity index (χ3n) is 3.66. The predicted octanol–water partition coefficient (Wildman–Crippen LogP) is 1.29. The number of aromatic nitrogens is 1. The molecular weight excluding hydrogens is 234 g/mol. The summed E-state index contributed by atoms with van der Waals surface area (Å²) in [6, 6.07) is 0. The number of nitrogens with two attached hydrogens (primary N) is 1. The Balaban J connectivity index is 1.75. The average Bonchev–Trinajstić information content (AvgIpc) is 2.76. The molecule has 1 aromatic rings. The van der Waals surface area contributed by atoms with Crippen molar-refractivity contribution in [1.29, 1.82) is 0 Å². The van der Waals surface area contributed by atoms with E-state index in [1.54, 1.807) is 0 Å². The fourth-order valence-electron chi connectivity index (χ4n) is 2.66. The molecule has 1 fully saturated rings. The first-order valence-electron chi connectivity index (χ1n) is 6.37. The van der Waals surface area contributed by atoms with Crippen molar-refractivity contribution in [2.24, 2.45) is 17.6 Å². The average molecular weight is 255 g/mol. The van der Waals surface area contributed by atoms with E-state index < -0.39 is 0 Å². The fourth-order valence-corrected chi connectivity index (χ4v) is 3.24. The van der Waals surface area contributed by atoms with Gasteiger partial charge in [-0.25, -0.2) is 0 Å². The Morgan fingerprint density at radius 1 is 1.41 bits per heavy atom. The van der Waals surface area contributed by atoms with Crippen LogP contribution in [0.5, 0.6) is 0 Å². The highest BCUT2D eigenvalue weighted by molar-refractivity contribution is 7.07. The van der Waals surface area contributed by atoms with Gasteiger partial charge in [0.25, 0.3) is 0 Å². The largest absolute Gasteiger partial charge is 0.330 e. The highest BCUT2D eigenvalue weighted by Crippen LogP contribution is 2.28. The lowest BCUT2D eigenvalue weighted by atomic mass is 9.79. The zero-order valence-electron chi connectivity index (χ0n) is 10.1. The van der Waals surface area contributed by atoms with Crippen molar-refractivity contribution < 1.29 is 0 Å². The molecule has 96 valence electrons. The smallest absolute Gasteiger partial charge is 0.304 e. The van der Waals surface area contributed by atoms with Gasteiger partial charge in [-0.2, -0.15) is 0 Å². The van der Waals surface area contributed by atoms with Gasteiger partial charge in [0, 0.05) is 17.6 Å². The van der Waals surface area contributed by atoms with E-state index in [2.05, 4.69) is 10.3 Å². The van der Waals surface area contributed by atoms with E-state index in [-0.39, 0.29) is 4.87 Å². The zero-order chi connectivity index (χ0) is 12.1. The van der Waals surface area contributed by atoms with Gasteiger partial charge in [-0.1, -0.05) is 24.2 Å². The third-order valence-corrected chi connectivity index (χ3v) is 4.38. The fraction of sp³-hybridized carbons (Fsp3) is 0.750. The Labute approximate surface area is 106 Å². The van der Waals surface area contributed by atoms with Crippen LogP contribution in [0.15, 0.2) is 10.2 Å². The minimum Gasteiger partial charge on any atom is -0.330 e. The summed E-state index contributed by atoms with van der Waals surface area (Å²) in [7, 11) is 0. The molecule has 0 bridgehead atoms. The second-order valence-electron chi connectivity index (χ2n) is 4.84. The lowest BCUT2D eigenvalue weighted by molar-refractivity contribution is 0.235. The van der Waals surface area contributed by atoms with Crippen molar-refractivity contribution in [3.63, 3.8) is 0 Å². The summed E-state index contributed by atoms with van der Waals surface area (Å²) in [5.74, 6) is 1.39. The molecule has 0 aromatic carbocycles. The minimum atomic E-state index is 0.0271. The second kappa shape index (κ2) is 6.33. The molecule has 4 N–H and O–H groups in total. The molecular formula is C12H21N3OS. The molecule has 1 saturated carbocycles. The van der Waals surface area contributed by atoms with Crippen LogP contribution in [0, 0.1) is 11.8 Å². The molecule has 1 aromatic heterocycles. The second-order valence-corrected chi connectivity index (χ2v) is 5.69. The van der Waals surface area contributed by atoms with Crippen molar-refractivity contribution in [3.8, 4) is 0 Å².